The fraction of sp³-hybridized carbons (Fsp3) is 0.450. The molecule has 1 atom stereocenters. The van der Waals surface area contributed by atoms with Crippen molar-refractivity contribution >= 4 is 35.0 Å². The molecule has 0 amide bonds. The SMILES string of the molecule is CCNC(=NCCSc1ccccc1)NC(C)c1nc(C)c(C(=O)OCC)s1. The molecular formula is C20H28N4O2S2. The van der Waals surface area contributed by atoms with Crippen LogP contribution in [-0.2, 0) is 4.74 Å². The van der Waals surface area contributed by atoms with Crippen molar-refractivity contribution in [2.75, 3.05) is 25.4 Å². The van der Waals surface area contributed by atoms with Gasteiger partial charge in [0.2, 0.25) is 0 Å². The Hall–Kier alpha value is -2.06. The fourth-order valence-corrected chi connectivity index (χ4v) is 4.14. The minimum absolute atomic E-state index is 0.0635. The van der Waals surface area contributed by atoms with Crippen molar-refractivity contribution in [1.29, 1.82) is 0 Å². The first-order valence-electron chi connectivity index (χ1n) is 9.42. The first kappa shape index (κ1) is 22.2. The molecule has 0 aliphatic rings. The van der Waals surface area contributed by atoms with Gasteiger partial charge in [-0.15, -0.1) is 23.1 Å². The van der Waals surface area contributed by atoms with Gasteiger partial charge < -0.3 is 15.4 Å². The van der Waals surface area contributed by atoms with Crippen LogP contribution in [0.3, 0.4) is 0 Å². The quantitative estimate of drug-likeness (QED) is 0.210. The molecule has 0 saturated heterocycles. The Morgan fingerprint density at radius 1 is 1.32 bits per heavy atom. The van der Waals surface area contributed by atoms with E-state index in [1.54, 1.807) is 18.7 Å². The van der Waals surface area contributed by atoms with E-state index in [0.29, 0.717) is 23.7 Å². The molecule has 0 bridgehead atoms. The molecule has 1 heterocycles. The lowest BCUT2D eigenvalue weighted by atomic mass is 10.3. The molecule has 0 aliphatic heterocycles. The fourth-order valence-electron chi connectivity index (χ4n) is 2.41. The van der Waals surface area contributed by atoms with Crippen LogP contribution in [0.1, 0.15) is 47.2 Å². The second kappa shape index (κ2) is 11.7. The second-order valence-electron chi connectivity index (χ2n) is 5.98. The van der Waals surface area contributed by atoms with E-state index in [9.17, 15) is 4.79 Å². The Morgan fingerprint density at radius 3 is 2.75 bits per heavy atom. The van der Waals surface area contributed by atoms with Gasteiger partial charge in [-0.2, -0.15) is 0 Å². The van der Waals surface area contributed by atoms with Crippen LogP contribution < -0.4 is 10.6 Å². The Labute approximate surface area is 175 Å². The topological polar surface area (TPSA) is 75.6 Å². The average Bonchev–Trinajstić information content (AvgIpc) is 3.08. The van der Waals surface area contributed by atoms with Gasteiger partial charge in [-0.05, 0) is 39.8 Å². The summed E-state index contributed by atoms with van der Waals surface area (Å²) in [5.41, 5.74) is 0.702. The Bertz CT molecular complexity index is 778. The molecule has 0 radical (unpaired) electrons. The van der Waals surface area contributed by atoms with E-state index in [-0.39, 0.29) is 12.0 Å². The summed E-state index contributed by atoms with van der Waals surface area (Å²) in [6.07, 6.45) is 0. The van der Waals surface area contributed by atoms with E-state index in [1.807, 2.05) is 39.0 Å². The summed E-state index contributed by atoms with van der Waals surface area (Å²) in [6.45, 7) is 9.51. The molecule has 152 valence electrons. The van der Waals surface area contributed by atoms with Gasteiger partial charge in [0, 0.05) is 17.2 Å². The van der Waals surface area contributed by atoms with Crippen LogP contribution in [-0.4, -0.2) is 42.4 Å². The summed E-state index contributed by atoms with van der Waals surface area (Å²) >= 11 is 3.15. The number of nitrogens with zero attached hydrogens (tertiary/aromatic N) is 2. The monoisotopic (exact) mass is 420 g/mol. The third-order valence-corrected chi connectivity index (χ3v) is 6.03. The number of aromatic nitrogens is 1. The normalized spacial score (nSPS) is 12.5. The van der Waals surface area contributed by atoms with Crippen LogP contribution in [0, 0.1) is 6.92 Å². The molecule has 0 spiro atoms. The maximum Gasteiger partial charge on any atom is 0.350 e. The number of esters is 1. The van der Waals surface area contributed by atoms with E-state index < -0.39 is 0 Å². The molecule has 1 unspecified atom stereocenters. The summed E-state index contributed by atoms with van der Waals surface area (Å²) in [7, 11) is 0. The van der Waals surface area contributed by atoms with Gasteiger partial charge in [-0.25, -0.2) is 9.78 Å². The van der Waals surface area contributed by atoms with E-state index in [1.165, 1.54) is 16.2 Å². The van der Waals surface area contributed by atoms with Crippen molar-refractivity contribution < 1.29 is 9.53 Å². The highest BCUT2D eigenvalue weighted by Gasteiger charge is 2.20. The Kier molecular flexibility index (Phi) is 9.30. The molecule has 2 aromatic rings. The molecule has 0 aliphatic carbocycles. The van der Waals surface area contributed by atoms with Crippen LogP contribution in [0.4, 0.5) is 0 Å². The number of rotatable bonds is 9. The molecule has 1 aromatic heterocycles. The van der Waals surface area contributed by atoms with E-state index in [2.05, 4.69) is 32.7 Å². The van der Waals surface area contributed by atoms with Gasteiger partial charge in [0.05, 0.1) is 24.9 Å². The minimum Gasteiger partial charge on any atom is -0.462 e. The number of benzene rings is 1. The number of aryl methyl sites for hydroxylation is 1. The number of aliphatic imine (C=N–C) groups is 1. The number of ether oxygens (including phenoxy) is 1. The summed E-state index contributed by atoms with van der Waals surface area (Å²) in [6, 6.07) is 10.2. The third-order valence-electron chi connectivity index (χ3n) is 3.71. The van der Waals surface area contributed by atoms with Gasteiger partial charge in [0.1, 0.15) is 9.88 Å². The van der Waals surface area contributed by atoms with Crippen molar-refractivity contribution in [3.8, 4) is 0 Å². The second-order valence-corrected chi connectivity index (χ2v) is 8.17. The number of hydrogen-bond acceptors (Lipinski definition) is 6. The lowest BCUT2D eigenvalue weighted by Crippen LogP contribution is -2.38. The summed E-state index contributed by atoms with van der Waals surface area (Å²) < 4.78 is 5.10. The number of hydrogen-bond donors (Lipinski definition) is 2. The Balaban J connectivity index is 1.95. The average molecular weight is 421 g/mol. The van der Waals surface area contributed by atoms with Crippen LogP contribution in [0.15, 0.2) is 40.2 Å². The van der Waals surface area contributed by atoms with E-state index in [0.717, 1.165) is 23.3 Å². The molecule has 28 heavy (non-hydrogen) atoms. The molecule has 0 fully saturated rings. The van der Waals surface area contributed by atoms with Gasteiger partial charge >= 0.3 is 5.97 Å². The Morgan fingerprint density at radius 2 is 2.07 bits per heavy atom. The molecule has 8 heteroatoms. The number of thiazole rings is 1. The van der Waals surface area contributed by atoms with Crippen molar-refractivity contribution in [2.45, 2.75) is 38.6 Å². The van der Waals surface area contributed by atoms with Gasteiger partial charge in [0.25, 0.3) is 0 Å². The zero-order valence-electron chi connectivity index (χ0n) is 16.8. The smallest absolute Gasteiger partial charge is 0.350 e. The van der Waals surface area contributed by atoms with E-state index >= 15 is 0 Å². The number of carbonyl (C=O) groups excluding carboxylic acids is 1. The van der Waals surface area contributed by atoms with Crippen LogP contribution >= 0.6 is 23.1 Å². The molecular weight excluding hydrogens is 392 g/mol. The maximum absolute atomic E-state index is 12.0. The summed E-state index contributed by atoms with van der Waals surface area (Å²) in [5.74, 6) is 1.34. The van der Waals surface area contributed by atoms with Crippen LogP contribution in [0.2, 0.25) is 0 Å². The lowest BCUT2D eigenvalue weighted by Gasteiger charge is -2.16. The largest absolute Gasteiger partial charge is 0.462 e. The number of thioether (sulfide) groups is 1. The standard InChI is InChI=1S/C20H28N4O2S2/c1-5-21-20(22-12-13-27-16-10-8-7-9-11-16)24-15(4)18-23-14(3)17(28-18)19(25)26-6-2/h7-11,15H,5-6,12-13H2,1-4H3,(H2,21,22,24). The molecule has 2 N–H and O–H groups in total. The summed E-state index contributed by atoms with van der Waals surface area (Å²) in [4.78, 5) is 23.0. The lowest BCUT2D eigenvalue weighted by molar-refractivity contribution is 0.0531. The van der Waals surface area contributed by atoms with Crippen molar-refractivity contribution in [3.63, 3.8) is 0 Å². The first-order chi connectivity index (χ1) is 13.5. The third kappa shape index (κ3) is 6.83. The van der Waals surface area contributed by atoms with Crippen molar-refractivity contribution in [2.24, 2.45) is 4.99 Å². The zero-order valence-corrected chi connectivity index (χ0v) is 18.5. The predicted octanol–water partition coefficient (Wildman–Crippen LogP) is 4.04. The molecule has 1 aromatic carbocycles. The van der Waals surface area contributed by atoms with Crippen LogP contribution in [0.25, 0.3) is 0 Å². The highest BCUT2D eigenvalue weighted by molar-refractivity contribution is 7.99. The first-order valence-corrected chi connectivity index (χ1v) is 11.2. The number of nitrogens with one attached hydrogen (secondary N) is 2. The summed E-state index contributed by atoms with van der Waals surface area (Å²) in [5, 5.41) is 7.47. The number of carbonyl (C=O) groups is 1. The van der Waals surface area contributed by atoms with Gasteiger partial charge in [-0.3, -0.25) is 4.99 Å². The maximum atomic E-state index is 12.0. The molecule has 6 nitrogen and oxygen atoms in total. The number of guanidine groups is 1. The molecule has 2 rings (SSSR count). The van der Waals surface area contributed by atoms with Crippen LogP contribution in [0.5, 0.6) is 0 Å². The predicted molar refractivity (Wildman–Crippen MR) is 118 cm³/mol. The minimum atomic E-state index is -0.311. The zero-order chi connectivity index (χ0) is 20.4. The van der Waals surface area contributed by atoms with E-state index in [4.69, 9.17) is 4.74 Å². The molecule has 0 saturated carbocycles. The van der Waals surface area contributed by atoms with Gasteiger partial charge in [0.15, 0.2) is 5.96 Å². The highest BCUT2D eigenvalue weighted by Crippen LogP contribution is 2.24. The van der Waals surface area contributed by atoms with Crippen molar-refractivity contribution in [1.82, 2.24) is 15.6 Å². The van der Waals surface area contributed by atoms with Crippen molar-refractivity contribution in [3.05, 3.63) is 45.9 Å². The van der Waals surface area contributed by atoms with Gasteiger partial charge in [-0.1, -0.05) is 18.2 Å². The highest BCUT2D eigenvalue weighted by atomic mass is 32.2.